The van der Waals surface area contributed by atoms with Crippen molar-refractivity contribution in [3.05, 3.63) is 23.8 Å². The van der Waals surface area contributed by atoms with Crippen LogP contribution < -0.4 is 31.7 Å². The maximum absolute atomic E-state index is 13.9. The van der Waals surface area contributed by atoms with Crippen molar-refractivity contribution >= 4 is 47.2 Å². The van der Waals surface area contributed by atoms with Crippen molar-refractivity contribution < 1.29 is 72.9 Å². The Balaban J connectivity index is 2.29. The van der Waals surface area contributed by atoms with Gasteiger partial charge in [-0.1, -0.05) is 47.6 Å². The van der Waals surface area contributed by atoms with Crippen molar-refractivity contribution in [1.29, 1.82) is 0 Å². The lowest BCUT2D eigenvalue weighted by Crippen LogP contribution is -2.61. The summed E-state index contributed by atoms with van der Waals surface area (Å²) in [5, 5.41) is 51.0. The number of primary amides is 1. The maximum atomic E-state index is 13.9. The highest BCUT2D eigenvalue weighted by Gasteiger charge is 2.48. The number of aliphatic carboxylic acids is 1. The molecule has 1 saturated heterocycles. The molecule has 0 aliphatic carbocycles. The van der Waals surface area contributed by atoms with Crippen LogP contribution in [0.4, 0.5) is 10.5 Å². The third-order valence-corrected chi connectivity index (χ3v) is 9.38. The second-order valence-corrected chi connectivity index (χ2v) is 14.9. The number of nitrogens with one attached hydrogen (secondary N) is 4. The van der Waals surface area contributed by atoms with Gasteiger partial charge in [0, 0.05) is 31.9 Å². The zero-order chi connectivity index (χ0) is 44.4. The molecule has 0 bridgehead atoms. The fourth-order valence-corrected chi connectivity index (χ4v) is 5.77. The lowest BCUT2D eigenvalue weighted by molar-refractivity contribution is -0.271. The van der Waals surface area contributed by atoms with E-state index in [-0.39, 0.29) is 62.2 Å². The summed E-state index contributed by atoms with van der Waals surface area (Å²) in [5.41, 5.74) is 5.41. The summed E-state index contributed by atoms with van der Waals surface area (Å²) in [7, 11) is 0. The Labute approximate surface area is 343 Å². The smallest absolute Gasteiger partial charge is 0.335 e. The van der Waals surface area contributed by atoms with E-state index in [1.54, 1.807) is 27.7 Å². The molecule has 332 valence electrons. The molecule has 5 amide bonds. The number of ether oxygens (including phenoxy) is 4. The molecule has 8 atom stereocenters. The number of carboxylic acids is 1. The van der Waals surface area contributed by atoms with Gasteiger partial charge in [-0.3, -0.25) is 24.0 Å². The number of anilines is 1. The van der Waals surface area contributed by atoms with E-state index in [2.05, 4.69) is 21.3 Å². The second-order valence-electron chi connectivity index (χ2n) is 14.9. The van der Waals surface area contributed by atoms with E-state index in [0.717, 1.165) is 0 Å². The molecule has 0 saturated carbocycles. The van der Waals surface area contributed by atoms with E-state index in [9.17, 15) is 54.0 Å². The van der Waals surface area contributed by atoms with Gasteiger partial charge in [-0.15, -0.1) is 0 Å². The SMILES string of the molecule is CCC(=O)C(C)CCCOCCC(=O)N[C@H](C(=O)N[C@@H](CCCNC(N)=O)C(=O)Nc1ccc(COC(=O)C(C)C)cc1O[C@@H]1O[C@H](C(=O)O)[C@@H](O)[C@H](O)[C@H]1O)C(C)C. The first-order chi connectivity index (χ1) is 27.8. The van der Waals surface area contributed by atoms with E-state index < -0.39 is 90.3 Å². The van der Waals surface area contributed by atoms with Crippen molar-refractivity contribution in [2.24, 2.45) is 23.5 Å². The number of esters is 1. The Hall–Kier alpha value is -4.89. The quantitative estimate of drug-likeness (QED) is 0.0478. The first kappa shape index (κ1) is 50.3. The molecule has 10 N–H and O–H groups in total. The van der Waals surface area contributed by atoms with Crippen LogP contribution in [0.15, 0.2) is 18.2 Å². The predicted molar refractivity (Wildman–Crippen MR) is 209 cm³/mol. The molecule has 1 aromatic rings. The van der Waals surface area contributed by atoms with Crippen LogP contribution in [0.5, 0.6) is 5.75 Å². The normalized spacial score (nSPS) is 20.5. The molecule has 20 nitrogen and oxygen atoms in total. The van der Waals surface area contributed by atoms with Gasteiger partial charge in [0.1, 0.15) is 48.5 Å². The third kappa shape index (κ3) is 16.7. The van der Waals surface area contributed by atoms with Crippen molar-refractivity contribution in [2.45, 2.75) is 129 Å². The number of hydrogen-bond donors (Lipinski definition) is 9. The minimum atomic E-state index is -2.01. The van der Waals surface area contributed by atoms with Crippen LogP contribution in [0.2, 0.25) is 0 Å². The van der Waals surface area contributed by atoms with E-state index in [4.69, 9.17) is 24.7 Å². The van der Waals surface area contributed by atoms with Crippen LogP contribution in [-0.2, 0) is 49.6 Å². The monoisotopic (exact) mass is 839 g/mol. The second kappa shape index (κ2) is 24.9. The number of aliphatic hydroxyl groups is 3. The number of carbonyl (C=O) groups excluding carboxylic acids is 6. The summed E-state index contributed by atoms with van der Waals surface area (Å²) >= 11 is 0. The van der Waals surface area contributed by atoms with Crippen molar-refractivity contribution in [3.8, 4) is 5.75 Å². The number of Topliss-reactive ketones (excluding diaryl/α,β-unsaturated/α-hetero) is 1. The van der Waals surface area contributed by atoms with Crippen molar-refractivity contribution in [2.75, 3.05) is 25.1 Å². The standard InChI is InChI=1S/C39H61N5O15/c1-7-26(45)22(6)10-9-16-56-17-14-28(46)44-29(20(2)3)35(51)43-25(11-8-15-41-39(40)55)34(50)42-24-13-12-23(19-57-37(54)21(4)5)18-27(24)58-38-32(49)30(47)31(48)33(59-38)36(52)53/h12-13,18,20-22,25,29-33,38,47-49H,7-11,14-17,19H2,1-6H3,(H,42,50)(H,43,51)(H,44,46)(H,52,53)(H3,40,41,55)/t22?,25-,29-,30-,31-,32+,33-,38+/m0/s1. The topological polar surface area (TPSA) is 311 Å². The number of nitrogens with two attached hydrogens (primary N) is 1. The molecule has 2 rings (SSSR count). The first-order valence-corrected chi connectivity index (χ1v) is 19.7. The predicted octanol–water partition coefficient (Wildman–Crippen LogP) is 0.472. The van der Waals surface area contributed by atoms with Gasteiger partial charge in [0.05, 0.1) is 18.2 Å². The van der Waals surface area contributed by atoms with Crippen molar-refractivity contribution in [3.63, 3.8) is 0 Å². The van der Waals surface area contributed by atoms with Gasteiger partial charge in [-0.05, 0) is 49.3 Å². The maximum Gasteiger partial charge on any atom is 0.335 e. The molecule has 1 heterocycles. The number of carbonyl (C=O) groups is 7. The molecule has 1 fully saturated rings. The fraction of sp³-hybridized carbons (Fsp3) is 0.667. The summed E-state index contributed by atoms with van der Waals surface area (Å²) in [4.78, 5) is 87.4. The van der Waals surface area contributed by atoms with Gasteiger partial charge in [-0.2, -0.15) is 0 Å². The number of aliphatic hydroxyl groups excluding tert-OH is 3. The number of carboxylic acid groups (broad SMARTS) is 1. The fourth-order valence-electron chi connectivity index (χ4n) is 5.77. The molecular weight excluding hydrogens is 778 g/mol. The van der Waals surface area contributed by atoms with Gasteiger partial charge in [0.2, 0.25) is 24.0 Å². The summed E-state index contributed by atoms with van der Waals surface area (Å²) in [6.45, 7) is 10.5. The van der Waals surface area contributed by atoms with Crippen LogP contribution in [-0.4, -0.2) is 124 Å². The number of ketones is 1. The third-order valence-electron chi connectivity index (χ3n) is 9.38. The molecule has 1 aliphatic heterocycles. The number of urea groups is 1. The lowest BCUT2D eigenvalue weighted by atomic mass is 9.99. The summed E-state index contributed by atoms with van der Waals surface area (Å²) in [5.74, 6) is -5.18. The van der Waals surface area contributed by atoms with Gasteiger partial charge >= 0.3 is 18.0 Å². The summed E-state index contributed by atoms with van der Waals surface area (Å²) in [6, 6.07) is 0.948. The minimum absolute atomic E-state index is 0.0405. The summed E-state index contributed by atoms with van der Waals surface area (Å²) < 4.78 is 21.9. The lowest BCUT2D eigenvalue weighted by Gasteiger charge is -2.38. The van der Waals surface area contributed by atoms with Crippen LogP contribution in [0, 0.1) is 17.8 Å². The molecule has 0 aromatic heterocycles. The van der Waals surface area contributed by atoms with Crippen LogP contribution in [0.1, 0.15) is 85.6 Å². The number of amides is 5. The Bertz CT molecular complexity index is 1590. The molecule has 0 spiro atoms. The molecule has 20 heteroatoms. The molecule has 1 aliphatic rings. The van der Waals surface area contributed by atoms with Gasteiger partial charge in [0.15, 0.2) is 6.10 Å². The Morgan fingerprint density at radius 3 is 2.19 bits per heavy atom. The van der Waals surface area contributed by atoms with E-state index in [1.807, 2.05) is 13.8 Å². The average molecular weight is 840 g/mol. The van der Waals surface area contributed by atoms with E-state index >= 15 is 0 Å². The molecular formula is C39H61N5O15. The highest BCUT2D eigenvalue weighted by Crippen LogP contribution is 2.31. The van der Waals surface area contributed by atoms with Gasteiger partial charge < -0.3 is 66.4 Å². The Morgan fingerprint density at radius 2 is 1.58 bits per heavy atom. The van der Waals surface area contributed by atoms with Crippen LogP contribution in [0.25, 0.3) is 0 Å². The number of rotatable bonds is 25. The number of hydrogen-bond acceptors (Lipinski definition) is 14. The zero-order valence-corrected chi connectivity index (χ0v) is 34.4. The Morgan fingerprint density at radius 1 is 0.881 bits per heavy atom. The molecule has 59 heavy (non-hydrogen) atoms. The highest BCUT2D eigenvalue weighted by molar-refractivity contribution is 5.99. The van der Waals surface area contributed by atoms with Gasteiger partial charge in [0.25, 0.3) is 0 Å². The largest absolute Gasteiger partial charge is 0.479 e. The average Bonchev–Trinajstić information content (AvgIpc) is 3.18. The minimum Gasteiger partial charge on any atom is -0.479 e. The Kier molecular flexibility index (Phi) is 21.2. The highest BCUT2D eigenvalue weighted by atomic mass is 16.7. The van der Waals surface area contributed by atoms with E-state index in [0.29, 0.717) is 31.4 Å². The van der Waals surface area contributed by atoms with Gasteiger partial charge in [-0.25, -0.2) is 9.59 Å². The summed E-state index contributed by atoms with van der Waals surface area (Å²) in [6.07, 6.45) is -8.02. The first-order valence-electron chi connectivity index (χ1n) is 19.7. The molecule has 1 unspecified atom stereocenters. The number of benzene rings is 1. The van der Waals surface area contributed by atoms with Crippen LogP contribution in [0.3, 0.4) is 0 Å². The van der Waals surface area contributed by atoms with E-state index in [1.165, 1.54) is 18.2 Å². The van der Waals surface area contributed by atoms with Crippen molar-refractivity contribution in [1.82, 2.24) is 16.0 Å². The molecule has 1 aromatic carbocycles. The van der Waals surface area contributed by atoms with Crippen LogP contribution >= 0.6 is 0 Å². The molecule has 0 radical (unpaired) electrons. The zero-order valence-electron chi connectivity index (χ0n) is 34.4.